The average molecular weight is 474 g/mol. The Kier molecular flexibility index (Phi) is 7.94. The molecule has 0 spiro atoms. The van der Waals surface area contributed by atoms with Gasteiger partial charge in [-0.1, -0.05) is 72.8 Å². The van der Waals surface area contributed by atoms with Gasteiger partial charge in [-0.3, -0.25) is 9.52 Å². The molecule has 168 valence electrons. The molecule has 1 heterocycles. The van der Waals surface area contributed by atoms with Crippen molar-refractivity contribution in [3.63, 3.8) is 0 Å². The minimum absolute atomic E-state index is 0.109. The Hall–Kier alpha value is -2.93. The van der Waals surface area contributed by atoms with E-state index >= 15 is 0 Å². The van der Waals surface area contributed by atoms with E-state index in [4.69, 9.17) is 0 Å². The van der Waals surface area contributed by atoms with Crippen LogP contribution in [0, 0.1) is 6.92 Å². The lowest BCUT2D eigenvalue weighted by Gasteiger charge is -2.17. The minimum atomic E-state index is -0.109. The summed E-state index contributed by atoms with van der Waals surface area (Å²) in [5.41, 5.74) is 4.40. The molecule has 0 aliphatic rings. The van der Waals surface area contributed by atoms with Crippen molar-refractivity contribution in [3.05, 3.63) is 107 Å². The second-order valence-corrected chi connectivity index (χ2v) is 9.83. The number of rotatable bonds is 9. The Morgan fingerprint density at radius 3 is 2.30 bits per heavy atom. The first-order valence-electron chi connectivity index (χ1n) is 10.9. The molecule has 0 saturated carbocycles. The molecule has 0 atom stereocenters. The van der Waals surface area contributed by atoms with Gasteiger partial charge in [-0.25, -0.2) is 4.98 Å². The van der Waals surface area contributed by atoms with Crippen LogP contribution >= 0.6 is 23.3 Å². The summed E-state index contributed by atoms with van der Waals surface area (Å²) in [5.74, 6) is -0.109. The van der Waals surface area contributed by atoms with Gasteiger partial charge in [-0.15, -0.1) is 11.3 Å². The Morgan fingerprint density at radius 1 is 0.939 bits per heavy atom. The van der Waals surface area contributed by atoms with Crippen LogP contribution in [0.15, 0.2) is 89.8 Å². The van der Waals surface area contributed by atoms with Crippen LogP contribution in [0.2, 0.25) is 0 Å². The first kappa shape index (κ1) is 23.2. The van der Waals surface area contributed by atoms with Crippen molar-refractivity contribution in [1.29, 1.82) is 0 Å². The van der Waals surface area contributed by atoms with Crippen LogP contribution in [0.4, 0.5) is 0 Å². The summed E-state index contributed by atoms with van der Waals surface area (Å²) in [4.78, 5) is 21.3. The molecule has 6 heteroatoms. The number of thiazole rings is 1. The van der Waals surface area contributed by atoms with Crippen LogP contribution in [-0.2, 0) is 13.0 Å². The highest BCUT2D eigenvalue weighted by atomic mass is 32.2. The molecule has 0 radical (unpaired) electrons. The lowest BCUT2D eigenvalue weighted by molar-refractivity contribution is 0.0987. The molecule has 0 saturated heterocycles. The van der Waals surface area contributed by atoms with Crippen LogP contribution in [0.3, 0.4) is 0 Å². The number of carbonyl (C=O) groups excluding carboxylic acids is 1. The summed E-state index contributed by atoms with van der Waals surface area (Å²) in [6, 6.07) is 28.9. The van der Waals surface area contributed by atoms with E-state index in [0.717, 1.165) is 40.7 Å². The second-order valence-electron chi connectivity index (χ2n) is 7.95. The number of hydrogen-bond acceptors (Lipinski definition) is 5. The highest BCUT2D eigenvalue weighted by Gasteiger charge is 2.16. The number of nitrogens with one attached hydrogen (secondary N) is 1. The summed E-state index contributed by atoms with van der Waals surface area (Å²) in [6.07, 6.45) is 1.04. The Morgan fingerprint density at radius 2 is 1.61 bits per heavy atom. The van der Waals surface area contributed by atoms with E-state index < -0.39 is 0 Å². The molecule has 1 N–H and O–H groups in total. The summed E-state index contributed by atoms with van der Waals surface area (Å²) in [6.45, 7) is 3.79. The van der Waals surface area contributed by atoms with Gasteiger partial charge in [0.1, 0.15) is 9.88 Å². The first-order chi connectivity index (χ1) is 16.1. The average Bonchev–Trinajstić information content (AvgIpc) is 3.25. The molecule has 4 nitrogen and oxygen atoms in total. The molecule has 0 fully saturated rings. The number of nitrogens with zero attached hydrogens (tertiary/aromatic N) is 2. The Labute approximate surface area is 203 Å². The number of benzene rings is 3. The molecule has 0 aliphatic carbocycles. The van der Waals surface area contributed by atoms with Crippen molar-refractivity contribution in [2.45, 2.75) is 24.8 Å². The van der Waals surface area contributed by atoms with Crippen molar-refractivity contribution < 1.29 is 4.79 Å². The molecule has 4 aromatic rings. The van der Waals surface area contributed by atoms with E-state index in [1.807, 2.05) is 37.3 Å². The summed E-state index contributed by atoms with van der Waals surface area (Å²) in [5, 5.41) is 0.865. The lowest BCUT2D eigenvalue weighted by Crippen LogP contribution is -2.20. The van der Waals surface area contributed by atoms with Crippen LogP contribution in [0.1, 0.15) is 26.5 Å². The second kappa shape index (κ2) is 11.3. The molecular weight excluding hydrogens is 446 g/mol. The molecule has 0 bridgehead atoms. The fourth-order valence-corrected chi connectivity index (χ4v) is 5.10. The van der Waals surface area contributed by atoms with Gasteiger partial charge in [-0.2, -0.15) is 0 Å². The zero-order valence-corrected chi connectivity index (χ0v) is 20.5. The Bertz CT molecular complexity index is 1180. The number of carbonyl (C=O) groups is 1. The van der Waals surface area contributed by atoms with Crippen molar-refractivity contribution >= 4 is 29.2 Å². The van der Waals surface area contributed by atoms with Gasteiger partial charge >= 0.3 is 0 Å². The van der Waals surface area contributed by atoms with Gasteiger partial charge in [0.25, 0.3) is 5.91 Å². The fourth-order valence-electron chi connectivity index (χ4n) is 3.48. The maximum atomic E-state index is 12.7. The van der Waals surface area contributed by atoms with Crippen molar-refractivity contribution in [2.75, 3.05) is 13.6 Å². The van der Waals surface area contributed by atoms with Crippen molar-refractivity contribution in [2.24, 2.45) is 0 Å². The van der Waals surface area contributed by atoms with Crippen LogP contribution < -0.4 is 4.72 Å². The maximum absolute atomic E-state index is 12.7. The summed E-state index contributed by atoms with van der Waals surface area (Å²) in [7, 11) is 2.15. The number of aryl methyl sites for hydroxylation is 1. The first-order valence-corrected chi connectivity index (χ1v) is 12.5. The minimum Gasteiger partial charge on any atom is -0.302 e. The third kappa shape index (κ3) is 6.54. The van der Waals surface area contributed by atoms with Gasteiger partial charge in [0.15, 0.2) is 0 Å². The molecule has 4 rings (SSSR count). The molecule has 1 aromatic heterocycles. The number of likely N-dealkylation sites (N-methyl/N-ethyl adjacent to an activating group) is 1. The van der Waals surface area contributed by atoms with E-state index in [1.165, 1.54) is 34.4 Å². The molecule has 3 aromatic carbocycles. The zero-order chi connectivity index (χ0) is 23.0. The highest BCUT2D eigenvalue weighted by Crippen LogP contribution is 2.28. The van der Waals surface area contributed by atoms with E-state index in [2.05, 4.69) is 76.3 Å². The van der Waals surface area contributed by atoms with E-state index in [1.54, 1.807) is 0 Å². The van der Waals surface area contributed by atoms with Crippen LogP contribution in [-0.4, -0.2) is 29.4 Å². The van der Waals surface area contributed by atoms with Gasteiger partial charge in [-0.05, 0) is 55.6 Å². The Balaban J connectivity index is 1.28. The van der Waals surface area contributed by atoms with Crippen molar-refractivity contribution in [3.8, 4) is 10.6 Å². The van der Waals surface area contributed by atoms with E-state index in [0.29, 0.717) is 4.88 Å². The number of amides is 1. The molecule has 33 heavy (non-hydrogen) atoms. The van der Waals surface area contributed by atoms with E-state index in [9.17, 15) is 4.79 Å². The maximum Gasteiger partial charge on any atom is 0.273 e. The normalized spacial score (nSPS) is 11.0. The largest absolute Gasteiger partial charge is 0.302 e. The number of aromatic nitrogens is 1. The fraction of sp³-hybridized carbons (Fsp3) is 0.185. The summed E-state index contributed by atoms with van der Waals surface area (Å²) >= 11 is 2.76. The van der Waals surface area contributed by atoms with Crippen molar-refractivity contribution in [1.82, 2.24) is 14.6 Å². The van der Waals surface area contributed by atoms with Gasteiger partial charge in [0, 0.05) is 23.5 Å². The summed E-state index contributed by atoms with van der Waals surface area (Å²) < 4.78 is 2.96. The topological polar surface area (TPSA) is 45.2 Å². The van der Waals surface area contributed by atoms with Gasteiger partial charge < -0.3 is 4.90 Å². The number of hydrogen-bond donors (Lipinski definition) is 1. The highest BCUT2D eigenvalue weighted by molar-refractivity contribution is 7.98. The molecule has 0 aliphatic heterocycles. The van der Waals surface area contributed by atoms with E-state index in [-0.39, 0.29) is 5.91 Å². The molecule has 1 amide bonds. The predicted molar refractivity (Wildman–Crippen MR) is 139 cm³/mol. The lowest BCUT2D eigenvalue weighted by atomic mass is 10.1. The van der Waals surface area contributed by atoms with Crippen LogP contribution in [0.25, 0.3) is 10.6 Å². The predicted octanol–water partition coefficient (Wildman–Crippen LogP) is 6.23. The van der Waals surface area contributed by atoms with Gasteiger partial charge in [0.2, 0.25) is 0 Å². The monoisotopic (exact) mass is 473 g/mol. The molecular formula is C27H27N3OS2. The smallest absolute Gasteiger partial charge is 0.273 e. The quantitative estimate of drug-likeness (QED) is 0.293. The SMILES string of the molecule is Cc1nc(-c2ccccc2)sc1C(=O)NSc1ccc(CN(C)CCc2ccccc2)cc1. The zero-order valence-electron chi connectivity index (χ0n) is 18.8. The third-order valence-electron chi connectivity index (χ3n) is 5.29. The molecule has 0 unspecified atom stereocenters. The van der Waals surface area contributed by atoms with Crippen LogP contribution in [0.5, 0.6) is 0 Å². The third-order valence-corrected chi connectivity index (χ3v) is 7.29. The van der Waals surface area contributed by atoms with Gasteiger partial charge in [0.05, 0.1) is 5.69 Å². The standard InChI is InChI=1S/C27H27N3OS2/c1-20-25(32-27(28-20)23-11-7-4-8-12-23)26(31)29-33-24-15-13-22(14-16-24)19-30(2)18-17-21-9-5-3-6-10-21/h3-16H,17-19H2,1-2H3,(H,29,31).